The van der Waals surface area contributed by atoms with Crippen molar-refractivity contribution in [3.63, 3.8) is 0 Å². The topological polar surface area (TPSA) is 249 Å². The molecule has 0 spiro atoms. The third-order valence-electron chi connectivity index (χ3n) is 22.5. The van der Waals surface area contributed by atoms with Gasteiger partial charge in [-0.2, -0.15) is 0 Å². The van der Waals surface area contributed by atoms with Gasteiger partial charge in [0.15, 0.2) is 34.9 Å². The number of carbonyl (C=O) groups excluding carboxylic acids is 3. The summed E-state index contributed by atoms with van der Waals surface area (Å²) in [5.41, 5.74) is 8.86. The van der Waals surface area contributed by atoms with Crippen LogP contribution in [0.2, 0.25) is 0 Å². The number of likely N-dealkylation sites (tertiary alicyclic amines) is 3. The number of halogens is 4. The first-order chi connectivity index (χ1) is 54.3. The largest absolute Gasteiger partial charge is 0.378 e. The highest BCUT2D eigenvalue weighted by molar-refractivity contribution is 6.05. The number of piperazine rings is 1. The highest BCUT2D eigenvalue weighted by Crippen LogP contribution is 2.39. The van der Waals surface area contributed by atoms with Gasteiger partial charge in [0.25, 0.3) is 17.7 Å². The number of rotatable bonds is 22. The molecule has 13 heterocycles. The molecule has 3 aromatic carbocycles. The molecule has 3 amide bonds. The van der Waals surface area contributed by atoms with Crippen LogP contribution in [0.5, 0.6) is 0 Å². The first-order valence-corrected chi connectivity index (χ1v) is 38.9. The molecule has 10 aliphatic heterocycles. The number of anilines is 12. The number of aromatic nitrogens is 3. The van der Waals surface area contributed by atoms with E-state index in [2.05, 4.69) is 158 Å². The third-order valence-corrected chi connectivity index (χ3v) is 22.5. The molecule has 3 aromatic heterocycles. The molecule has 6 aromatic rings. The van der Waals surface area contributed by atoms with Crippen LogP contribution in [0.25, 0.3) is 0 Å². The number of ether oxygens (including phenoxy) is 3. The van der Waals surface area contributed by atoms with E-state index in [0.29, 0.717) is 111 Å². The smallest absolute Gasteiger partial charge is 0.255 e. The number of nitrogens with zero attached hydrogens (tertiary/aromatic N) is 10. The van der Waals surface area contributed by atoms with Gasteiger partial charge in [-0.3, -0.25) is 19.3 Å². The lowest BCUT2D eigenvalue weighted by molar-refractivity contribution is -0.0691. The van der Waals surface area contributed by atoms with Crippen LogP contribution < -0.4 is 62.6 Å². The lowest BCUT2D eigenvalue weighted by atomic mass is 10.0. The Bertz CT molecular complexity index is 4560. The third kappa shape index (κ3) is 17.3. The average Bonchev–Trinajstić information content (AvgIpc) is 1.58. The molecule has 7 saturated heterocycles. The summed E-state index contributed by atoms with van der Waals surface area (Å²) >= 11 is 0. The molecule has 0 bridgehead atoms. The van der Waals surface area contributed by atoms with E-state index in [4.69, 9.17) is 14.2 Å². The van der Waals surface area contributed by atoms with Crippen molar-refractivity contribution in [1.29, 1.82) is 0 Å². The van der Waals surface area contributed by atoms with Crippen molar-refractivity contribution >= 4 is 86.8 Å². The summed E-state index contributed by atoms with van der Waals surface area (Å²) in [5, 5.41) is 27.6. The SMILES string of the molecule is C=CC(=C)N1CCCC(Nc2nc(Nc3ccc(N4CCN(C5COC5)CC4C)cc3)c3c(c2F)CNC3=O)C1.C=CC(=C)N1CCCC(Nc2nc(Nc3ccc(N4CCOCC4)c(F)c3)c3c(c2F)CNC3=O)C1.C=CC(=C)N1CCCC(Nc2nc(Nc3ccc(N4CCOCC4C)cc3)c3c(c2F)CNC3=O)C1. The van der Waals surface area contributed by atoms with Crippen LogP contribution in [-0.4, -0.2) is 207 Å². The summed E-state index contributed by atoms with van der Waals surface area (Å²) in [4.78, 5) is 66.9. The summed E-state index contributed by atoms with van der Waals surface area (Å²) in [6.45, 7) is 42.2. The molecule has 0 aliphatic carbocycles. The van der Waals surface area contributed by atoms with Crippen molar-refractivity contribution in [2.24, 2.45) is 0 Å². The van der Waals surface area contributed by atoms with E-state index >= 15 is 13.2 Å². The number of hydrogen-bond donors (Lipinski definition) is 9. The lowest BCUT2D eigenvalue weighted by Gasteiger charge is -2.46. The predicted octanol–water partition coefficient (Wildman–Crippen LogP) is 11.5. The first-order valence-electron chi connectivity index (χ1n) is 38.9. The lowest BCUT2D eigenvalue weighted by Crippen LogP contribution is -2.59. The molecule has 5 unspecified atom stereocenters. The molecular weight excluding hydrogens is 1440 g/mol. The molecule has 5 atom stereocenters. The Morgan fingerprint density at radius 2 is 0.866 bits per heavy atom. The zero-order valence-electron chi connectivity index (χ0n) is 63.8. The minimum Gasteiger partial charge on any atom is -0.378 e. The van der Waals surface area contributed by atoms with Gasteiger partial charge in [0.2, 0.25) is 0 Å². The minimum absolute atomic E-state index is 0.00183. The van der Waals surface area contributed by atoms with E-state index in [1.807, 2.05) is 41.3 Å². The number of amides is 3. The van der Waals surface area contributed by atoms with Crippen molar-refractivity contribution in [3.05, 3.63) is 198 Å². The van der Waals surface area contributed by atoms with Crippen LogP contribution in [0.4, 0.5) is 86.6 Å². The maximum absolute atomic E-state index is 15.5. The Kier molecular flexibility index (Phi) is 24.2. The van der Waals surface area contributed by atoms with Gasteiger partial charge in [-0.15, -0.1) is 0 Å². The quantitative estimate of drug-likeness (QED) is 0.0226. The molecule has 10 aliphatic rings. The first kappa shape index (κ1) is 77.8. The Balaban J connectivity index is 0.000000140. The van der Waals surface area contributed by atoms with Crippen LogP contribution in [0.3, 0.4) is 0 Å². The highest BCUT2D eigenvalue weighted by Gasteiger charge is 2.37. The van der Waals surface area contributed by atoms with Crippen LogP contribution >= 0.6 is 0 Å². The number of fused-ring (bicyclic) bond motifs is 3. The fourth-order valence-corrected chi connectivity index (χ4v) is 16.2. The second-order valence-corrected chi connectivity index (χ2v) is 29.9. The summed E-state index contributed by atoms with van der Waals surface area (Å²) in [5.74, 6) is -1.69. The van der Waals surface area contributed by atoms with Crippen molar-refractivity contribution < 1.29 is 46.2 Å². The summed E-state index contributed by atoms with van der Waals surface area (Å²) in [6, 6.07) is 22.1. The number of pyridine rings is 3. The molecule has 112 heavy (non-hydrogen) atoms. The van der Waals surface area contributed by atoms with Gasteiger partial charge in [-0.05, 0) is 137 Å². The number of piperidine rings is 3. The van der Waals surface area contributed by atoms with Crippen molar-refractivity contribution in [2.75, 3.05) is 165 Å². The fourth-order valence-electron chi connectivity index (χ4n) is 16.2. The van der Waals surface area contributed by atoms with E-state index in [9.17, 15) is 18.8 Å². The fraction of sp³-hybridized carbons (Fsp3) is 0.422. The van der Waals surface area contributed by atoms with Gasteiger partial charge in [0, 0.05) is 191 Å². The van der Waals surface area contributed by atoms with Crippen LogP contribution in [0, 0.1) is 23.3 Å². The zero-order valence-corrected chi connectivity index (χ0v) is 63.8. The Morgan fingerprint density at radius 3 is 1.25 bits per heavy atom. The number of morpholine rings is 2. The molecule has 16 rings (SSSR count). The molecular formula is C83H101F4N19O6. The standard InChI is InChI=1S/C30H38FN7O2.C27H33FN6O2.C26H30F2N6O2/c1-4-19(2)36-11-5-6-22(16-36)34-29-27(31)25-14-32-30(39)26(25)28(35-29)33-21-7-9-23(10-8-21)38-13-12-37(15-20(38)3)24-17-40-18-24;1-4-17(2)33-11-5-6-20(15-33)31-26-24(28)22-14-29-27(35)23(22)25(32-26)30-19-7-9-21(10-8-19)34-12-13-36-16-18(34)3;1-3-16(2)34-8-4-5-18(15-34)31-25-23(28)19-14-29-26(35)22(19)24(32-25)30-17-6-7-21(20(27)13-17)33-9-11-36-12-10-33/h4,7-10,20,22,24H,1-2,5-6,11-18H2,3H3,(H,32,39)(H2,33,34,35);4,7-10,18,20H,1-2,5-6,11-16H2,3H3,(H,29,35)(H2,30,31,32);3,6-7,13,18H,1-2,4-5,8-12,14-15H2,(H,29,35)(H2,30,31,32). The maximum Gasteiger partial charge on any atom is 0.255 e. The van der Waals surface area contributed by atoms with Gasteiger partial charge < -0.3 is 91.5 Å². The molecule has 7 fully saturated rings. The molecule has 0 radical (unpaired) electrons. The Morgan fingerprint density at radius 1 is 0.464 bits per heavy atom. The van der Waals surface area contributed by atoms with E-state index in [0.717, 1.165) is 137 Å². The molecule has 0 saturated carbocycles. The van der Waals surface area contributed by atoms with Gasteiger partial charge in [-0.25, -0.2) is 32.5 Å². The minimum atomic E-state index is -0.553. The molecule has 592 valence electrons. The van der Waals surface area contributed by atoms with E-state index in [1.165, 1.54) is 6.07 Å². The monoisotopic (exact) mass is 1540 g/mol. The van der Waals surface area contributed by atoms with Gasteiger partial charge in [0.1, 0.15) is 23.3 Å². The van der Waals surface area contributed by atoms with Crippen molar-refractivity contribution in [3.8, 4) is 0 Å². The number of benzene rings is 3. The average molecular weight is 1540 g/mol. The Labute approximate surface area is 651 Å². The van der Waals surface area contributed by atoms with E-state index < -0.39 is 29.2 Å². The number of allylic oxidation sites excluding steroid dienone is 3. The number of nitrogens with one attached hydrogen (secondary N) is 9. The summed E-state index contributed by atoms with van der Waals surface area (Å²) < 4.78 is 77.6. The highest BCUT2D eigenvalue weighted by atomic mass is 19.1. The van der Waals surface area contributed by atoms with Crippen LogP contribution in [0.15, 0.2) is 142 Å². The zero-order chi connectivity index (χ0) is 78.3. The summed E-state index contributed by atoms with van der Waals surface area (Å²) in [7, 11) is 0. The van der Waals surface area contributed by atoms with Crippen LogP contribution in [-0.2, 0) is 33.8 Å². The molecule has 25 nitrogen and oxygen atoms in total. The van der Waals surface area contributed by atoms with Gasteiger partial charge in [-0.1, -0.05) is 39.5 Å². The van der Waals surface area contributed by atoms with Crippen LogP contribution in [0.1, 0.15) is 100 Å². The predicted molar refractivity (Wildman–Crippen MR) is 432 cm³/mol. The molecule has 9 N–H and O–H groups in total. The van der Waals surface area contributed by atoms with E-state index in [1.54, 1.807) is 30.4 Å². The second kappa shape index (κ2) is 34.8. The van der Waals surface area contributed by atoms with Gasteiger partial charge in [0.05, 0.1) is 68.1 Å². The Hall–Kier alpha value is -10.9. The second-order valence-electron chi connectivity index (χ2n) is 29.9. The van der Waals surface area contributed by atoms with Gasteiger partial charge >= 0.3 is 0 Å². The maximum atomic E-state index is 15.5. The normalized spacial score (nSPS) is 21.5. The van der Waals surface area contributed by atoms with Crippen molar-refractivity contribution in [2.45, 2.75) is 108 Å². The van der Waals surface area contributed by atoms with E-state index in [-0.39, 0.29) is 95.1 Å². The summed E-state index contributed by atoms with van der Waals surface area (Å²) in [6.07, 6.45) is 10.6. The van der Waals surface area contributed by atoms with Crippen molar-refractivity contribution in [1.82, 2.24) is 50.5 Å². The number of hydrogen-bond acceptors (Lipinski definition) is 22. The molecule has 29 heteroatoms. The number of carbonyl (C=O) groups is 3.